The molecule has 1 unspecified atom stereocenters. The normalized spacial score (nSPS) is 15.0. The van der Waals surface area contributed by atoms with Crippen LogP contribution in [0.5, 0.6) is 0 Å². The molecule has 0 spiro atoms. The Kier molecular flexibility index (Phi) is 8.72. The molecular formula is C30H32O4. The van der Waals surface area contributed by atoms with Gasteiger partial charge in [0.05, 0.1) is 0 Å². The molecule has 0 heterocycles. The van der Waals surface area contributed by atoms with Gasteiger partial charge in [0.15, 0.2) is 11.6 Å². The van der Waals surface area contributed by atoms with Crippen molar-refractivity contribution < 1.29 is 19.2 Å². The van der Waals surface area contributed by atoms with E-state index in [1.54, 1.807) is 39.0 Å². The van der Waals surface area contributed by atoms with Gasteiger partial charge in [0.25, 0.3) is 0 Å². The maximum atomic E-state index is 13.2. The molecule has 1 aromatic rings. The molecule has 0 bridgehead atoms. The second-order valence-electron chi connectivity index (χ2n) is 9.44. The number of ketones is 4. The third-order valence-electron chi connectivity index (χ3n) is 6.53. The predicted octanol–water partition coefficient (Wildman–Crippen LogP) is 5.45. The molecule has 1 aliphatic rings. The maximum absolute atomic E-state index is 13.2. The second-order valence-corrected chi connectivity index (χ2v) is 9.44. The van der Waals surface area contributed by atoms with Gasteiger partial charge in [-0.3, -0.25) is 19.2 Å². The van der Waals surface area contributed by atoms with Gasteiger partial charge in [0.1, 0.15) is 5.78 Å². The molecule has 1 aliphatic carbocycles. The topological polar surface area (TPSA) is 68.3 Å². The van der Waals surface area contributed by atoms with Gasteiger partial charge in [-0.05, 0) is 51.7 Å². The fourth-order valence-corrected chi connectivity index (χ4v) is 4.40. The van der Waals surface area contributed by atoms with E-state index >= 15 is 0 Å². The minimum absolute atomic E-state index is 0.0698. The third-order valence-corrected chi connectivity index (χ3v) is 6.53. The molecule has 2 rings (SSSR count). The van der Waals surface area contributed by atoms with Crippen molar-refractivity contribution in [3.05, 3.63) is 57.7 Å². The Balaban J connectivity index is 2.09. The van der Waals surface area contributed by atoms with Crippen LogP contribution in [0.25, 0.3) is 0 Å². The smallest absolute Gasteiger partial charge is 0.235 e. The van der Waals surface area contributed by atoms with Crippen LogP contribution in [0.15, 0.2) is 46.6 Å². The van der Waals surface area contributed by atoms with Crippen LogP contribution in [0.1, 0.15) is 83.1 Å². The lowest BCUT2D eigenvalue weighted by Gasteiger charge is -2.32. The van der Waals surface area contributed by atoms with Crippen LogP contribution in [0, 0.1) is 35.5 Å². The highest BCUT2D eigenvalue weighted by molar-refractivity contribution is 6.25. The average Bonchev–Trinajstić information content (AvgIpc) is 2.80. The number of carbonyl (C=O) groups excluding carboxylic acids is 4. The molecule has 4 nitrogen and oxygen atoms in total. The molecule has 0 radical (unpaired) electrons. The van der Waals surface area contributed by atoms with Crippen molar-refractivity contribution in [2.45, 2.75) is 67.2 Å². The summed E-state index contributed by atoms with van der Waals surface area (Å²) in [5, 5.41) is 0. The summed E-state index contributed by atoms with van der Waals surface area (Å²) in [6.07, 6.45) is 7.16. The van der Waals surface area contributed by atoms with E-state index in [1.165, 1.54) is 0 Å². The summed E-state index contributed by atoms with van der Waals surface area (Å²) in [5.41, 5.74) is 2.22. The number of hydrogen-bond donors (Lipinski definition) is 0. The average molecular weight is 457 g/mol. The summed E-state index contributed by atoms with van der Waals surface area (Å²) in [7, 11) is 0. The Morgan fingerprint density at radius 1 is 1.03 bits per heavy atom. The van der Waals surface area contributed by atoms with Crippen LogP contribution in [0.3, 0.4) is 0 Å². The van der Waals surface area contributed by atoms with E-state index in [0.29, 0.717) is 52.7 Å². The summed E-state index contributed by atoms with van der Waals surface area (Å²) in [5.74, 6) is 7.45. The minimum Gasteiger partial charge on any atom is -0.299 e. The quantitative estimate of drug-likeness (QED) is 0.226. The summed E-state index contributed by atoms with van der Waals surface area (Å²) in [6, 6.07) is 6.86. The van der Waals surface area contributed by atoms with E-state index in [1.807, 2.05) is 26.8 Å². The van der Waals surface area contributed by atoms with E-state index in [-0.39, 0.29) is 35.5 Å². The van der Waals surface area contributed by atoms with Crippen molar-refractivity contribution in [2.75, 3.05) is 0 Å². The van der Waals surface area contributed by atoms with E-state index in [9.17, 15) is 19.2 Å². The molecular weight excluding hydrogens is 424 g/mol. The zero-order valence-corrected chi connectivity index (χ0v) is 20.9. The first-order valence-electron chi connectivity index (χ1n) is 11.5. The zero-order valence-electron chi connectivity index (χ0n) is 20.9. The number of allylic oxidation sites excluding steroid dienone is 4. The number of Topliss-reactive ketones (excluding diaryl/α,β-unsaturated/α-hetero) is 4. The highest BCUT2D eigenvalue weighted by Gasteiger charge is 2.39. The van der Waals surface area contributed by atoms with Crippen molar-refractivity contribution in [3.63, 3.8) is 0 Å². The van der Waals surface area contributed by atoms with Crippen LogP contribution in [-0.4, -0.2) is 23.1 Å². The molecule has 1 aromatic carbocycles. The van der Waals surface area contributed by atoms with E-state index < -0.39 is 5.41 Å². The number of rotatable bonds is 8. The largest absolute Gasteiger partial charge is 0.299 e. The van der Waals surface area contributed by atoms with E-state index in [4.69, 9.17) is 6.42 Å². The van der Waals surface area contributed by atoms with Crippen molar-refractivity contribution >= 4 is 23.1 Å². The lowest BCUT2D eigenvalue weighted by atomic mass is 9.69. The highest BCUT2D eigenvalue weighted by atomic mass is 16.1. The number of carbonyl (C=O) groups is 4. The number of terminal acetylenes is 1. The van der Waals surface area contributed by atoms with Gasteiger partial charge >= 0.3 is 0 Å². The Morgan fingerprint density at radius 2 is 1.68 bits per heavy atom. The molecule has 0 fully saturated rings. The van der Waals surface area contributed by atoms with Crippen LogP contribution >= 0.6 is 0 Å². The van der Waals surface area contributed by atoms with Gasteiger partial charge in [0, 0.05) is 57.6 Å². The summed E-state index contributed by atoms with van der Waals surface area (Å²) in [4.78, 5) is 50.4. The van der Waals surface area contributed by atoms with Gasteiger partial charge in [-0.15, -0.1) is 6.42 Å². The summed E-state index contributed by atoms with van der Waals surface area (Å²) < 4.78 is 0. The molecule has 0 saturated carbocycles. The standard InChI is InChI=1S/C30H32O4/c1-8-23(15-11-10-13-22-14-12-16-24(17-22)25(31)9-2)26(32)18-30(6,7)27-21(5)28(33)19(3)20(4)29(27)34/h2,12,14,16-17,23H,8,11,15,18H2,1,3-7H3. The fourth-order valence-electron chi connectivity index (χ4n) is 4.40. The highest BCUT2D eigenvalue weighted by Crippen LogP contribution is 2.40. The number of benzene rings is 1. The van der Waals surface area contributed by atoms with Gasteiger partial charge in [0.2, 0.25) is 5.78 Å². The van der Waals surface area contributed by atoms with Crippen LogP contribution in [-0.2, 0) is 14.4 Å². The fraction of sp³-hybridized carbons (Fsp3) is 0.400. The summed E-state index contributed by atoms with van der Waals surface area (Å²) in [6.45, 7) is 10.7. The predicted molar refractivity (Wildman–Crippen MR) is 134 cm³/mol. The maximum Gasteiger partial charge on any atom is 0.235 e. The molecule has 0 aliphatic heterocycles. The third kappa shape index (κ3) is 5.89. The van der Waals surface area contributed by atoms with E-state index in [0.717, 1.165) is 0 Å². The zero-order chi connectivity index (χ0) is 25.6. The van der Waals surface area contributed by atoms with E-state index in [2.05, 4.69) is 17.8 Å². The van der Waals surface area contributed by atoms with Crippen LogP contribution in [0.4, 0.5) is 0 Å². The molecule has 176 valence electrons. The van der Waals surface area contributed by atoms with Gasteiger partial charge in [-0.2, -0.15) is 0 Å². The lowest BCUT2D eigenvalue weighted by Crippen LogP contribution is -2.33. The van der Waals surface area contributed by atoms with Gasteiger partial charge < -0.3 is 0 Å². The van der Waals surface area contributed by atoms with Crippen molar-refractivity contribution in [2.24, 2.45) is 11.3 Å². The van der Waals surface area contributed by atoms with Crippen molar-refractivity contribution in [3.8, 4) is 24.2 Å². The molecule has 0 aromatic heterocycles. The van der Waals surface area contributed by atoms with Crippen LogP contribution in [0.2, 0.25) is 0 Å². The Morgan fingerprint density at radius 3 is 2.29 bits per heavy atom. The molecule has 34 heavy (non-hydrogen) atoms. The summed E-state index contributed by atoms with van der Waals surface area (Å²) >= 11 is 0. The molecule has 0 N–H and O–H groups in total. The Labute approximate surface area is 202 Å². The Hall–Kier alpha value is -3.50. The molecule has 1 atom stereocenters. The van der Waals surface area contributed by atoms with Crippen LogP contribution < -0.4 is 0 Å². The molecule has 0 saturated heterocycles. The first-order chi connectivity index (χ1) is 15.9. The second kappa shape index (κ2) is 11.1. The van der Waals surface area contributed by atoms with Crippen molar-refractivity contribution in [1.29, 1.82) is 0 Å². The van der Waals surface area contributed by atoms with Gasteiger partial charge in [-0.1, -0.05) is 44.7 Å². The lowest BCUT2D eigenvalue weighted by molar-refractivity contribution is -0.125. The number of hydrogen-bond acceptors (Lipinski definition) is 4. The molecule has 0 amide bonds. The first-order valence-corrected chi connectivity index (χ1v) is 11.5. The van der Waals surface area contributed by atoms with Crippen molar-refractivity contribution in [1.82, 2.24) is 0 Å². The monoisotopic (exact) mass is 456 g/mol. The SMILES string of the molecule is C#CC(=O)c1cccc(C#CCCC(CC)C(=O)CC(C)(C)C2=C(C)C(=O)C(C)=C(C)C2=O)c1. The Bertz CT molecular complexity index is 1200. The minimum atomic E-state index is -0.737. The molecule has 4 heteroatoms. The first kappa shape index (κ1) is 26.7. The van der Waals surface area contributed by atoms with Gasteiger partial charge in [-0.25, -0.2) is 0 Å².